The van der Waals surface area contributed by atoms with Crippen LogP contribution in [0.25, 0.3) is 0 Å². The van der Waals surface area contributed by atoms with Crippen molar-refractivity contribution in [1.82, 2.24) is 5.32 Å². The van der Waals surface area contributed by atoms with E-state index in [0.29, 0.717) is 0 Å². The smallest absolute Gasteiger partial charge is 0.379 e. The minimum Gasteiger partial charge on any atom is -0.379 e. The summed E-state index contributed by atoms with van der Waals surface area (Å²) in [5, 5.41) is 3.24. The fraction of sp³-hybridized carbons (Fsp3) is 0.571. The van der Waals surface area contributed by atoms with Crippen molar-refractivity contribution in [3.05, 3.63) is 34.9 Å². The van der Waals surface area contributed by atoms with Gasteiger partial charge in [-0.1, -0.05) is 18.2 Å². The molecule has 3 N–H and O–H groups in total. The van der Waals surface area contributed by atoms with E-state index in [1.807, 2.05) is 6.92 Å². The first-order valence-corrected chi connectivity index (χ1v) is 8.20. The van der Waals surface area contributed by atoms with Gasteiger partial charge in [0.15, 0.2) is 0 Å². The minimum atomic E-state index is -1.67. The first-order chi connectivity index (χ1) is 9.60. The standard InChI is InChI=1S/C11H16N2.C3H10O3Si/c1-8(12)13-7-11-5-3-9-2-4-10(11)6-9;1-4-7(5-2)6-3/h3,5-6,8,13H,2,4,7,12H2,1H3;7H,1-3H3. The van der Waals surface area contributed by atoms with Gasteiger partial charge in [-0.3, -0.25) is 5.32 Å². The van der Waals surface area contributed by atoms with Crippen LogP contribution in [-0.2, 0) is 32.7 Å². The molecule has 0 aliphatic heterocycles. The normalized spacial score (nSPS) is 14.1. The van der Waals surface area contributed by atoms with E-state index in [0.717, 1.165) is 6.54 Å². The highest BCUT2D eigenvalue weighted by Gasteiger charge is 2.10. The third-order valence-corrected chi connectivity index (χ3v) is 4.30. The lowest BCUT2D eigenvalue weighted by atomic mass is 10.1. The SMILES string of the molecule is CC(N)NCc1ccc2cc1CC2.CO[SiH](OC)OC. The summed E-state index contributed by atoms with van der Waals surface area (Å²) >= 11 is 0. The number of nitrogens with two attached hydrogens (primary N) is 1. The molecule has 0 radical (unpaired) electrons. The number of rotatable bonds is 6. The van der Waals surface area contributed by atoms with Crippen LogP contribution in [0.5, 0.6) is 0 Å². The van der Waals surface area contributed by atoms with Crippen LogP contribution in [0, 0.1) is 0 Å². The van der Waals surface area contributed by atoms with Crippen molar-refractivity contribution in [2.75, 3.05) is 21.3 Å². The van der Waals surface area contributed by atoms with Crippen LogP contribution in [0.1, 0.15) is 23.6 Å². The lowest BCUT2D eigenvalue weighted by Crippen LogP contribution is -2.33. The molecule has 20 heavy (non-hydrogen) atoms. The Morgan fingerprint density at radius 3 is 2.35 bits per heavy atom. The van der Waals surface area contributed by atoms with Gasteiger partial charge in [0, 0.05) is 27.9 Å². The van der Waals surface area contributed by atoms with Crippen LogP contribution in [0.15, 0.2) is 18.2 Å². The molecule has 0 saturated heterocycles. The second-order valence-electron chi connectivity index (χ2n) is 4.77. The Bertz CT molecular complexity index is 392. The summed E-state index contributed by atoms with van der Waals surface area (Å²) in [6, 6.07) is 6.74. The van der Waals surface area contributed by atoms with Crippen molar-refractivity contribution in [2.24, 2.45) is 5.73 Å². The average Bonchev–Trinajstić information content (AvgIpc) is 2.83. The Hall–Kier alpha value is -0.763. The number of hydrogen-bond acceptors (Lipinski definition) is 5. The van der Waals surface area contributed by atoms with E-state index in [-0.39, 0.29) is 6.17 Å². The predicted molar refractivity (Wildman–Crippen MR) is 82.5 cm³/mol. The molecular weight excluding hydrogens is 272 g/mol. The molecule has 1 unspecified atom stereocenters. The van der Waals surface area contributed by atoms with Crippen molar-refractivity contribution < 1.29 is 13.3 Å². The first-order valence-electron chi connectivity index (χ1n) is 6.78. The third-order valence-electron chi connectivity index (χ3n) is 3.15. The van der Waals surface area contributed by atoms with Crippen LogP contribution in [0.4, 0.5) is 0 Å². The summed E-state index contributed by atoms with van der Waals surface area (Å²) in [6.07, 6.45) is 2.50. The quantitative estimate of drug-likeness (QED) is 0.601. The summed E-state index contributed by atoms with van der Waals surface area (Å²) < 4.78 is 14.2. The Morgan fingerprint density at radius 2 is 1.85 bits per heavy atom. The number of hydrogen-bond donors (Lipinski definition) is 2. The highest BCUT2D eigenvalue weighted by atomic mass is 28.3. The zero-order valence-electron chi connectivity index (χ0n) is 12.8. The van der Waals surface area contributed by atoms with E-state index >= 15 is 0 Å². The molecular formula is C14H26N2O3Si. The molecule has 0 amide bonds. The average molecular weight is 298 g/mol. The molecule has 1 atom stereocenters. The lowest BCUT2D eigenvalue weighted by Gasteiger charge is -2.09. The number of fused-ring (bicyclic) bond motifs is 2. The maximum Gasteiger partial charge on any atom is 0.483 e. The zero-order chi connectivity index (χ0) is 15.0. The van der Waals surface area contributed by atoms with Crippen LogP contribution >= 0.6 is 0 Å². The minimum absolute atomic E-state index is 0.0771. The van der Waals surface area contributed by atoms with Gasteiger partial charge in [0.2, 0.25) is 0 Å². The second-order valence-corrected chi connectivity index (χ2v) is 6.76. The molecule has 2 bridgehead atoms. The molecule has 0 heterocycles. The molecule has 5 nitrogen and oxygen atoms in total. The molecule has 1 aliphatic rings. The van der Waals surface area contributed by atoms with E-state index in [1.54, 1.807) is 21.3 Å². The maximum atomic E-state index is 5.63. The highest BCUT2D eigenvalue weighted by molar-refractivity contribution is 6.36. The number of nitrogens with one attached hydrogen (secondary N) is 1. The molecule has 2 rings (SSSR count). The maximum absolute atomic E-state index is 5.63. The molecule has 6 heteroatoms. The van der Waals surface area contributed by atoms with E-state index < -0.39 is 9.53 Å². The Balaban J connectivity index is 0.000000246. The largest absolute Gasteiger partial charge is 0.483 e. The summed E-state index contributed by atoms with van der Waals surface area (Å²) in [5.41, 5.74) is 10.00. The zero-order valence-corrected chi connectivity index (χ0v) is 14.0. The highest BCUT2D eigenvalue weighted by Crippen LogP contribution is 2.21. The van der Waals surface area contributed by atoms with Crippen molar-refractivity contribution >= 4 is 9.53 Å². The van der Waals surface area contributed by atoms with Gasteiger partial charge >= 0.3 is 9.53 Å². The van der Waals surface area contributed by atoms with Crippen molar-refractivity contribution in [2.45, 2.75) is 32.5 Å². The van der Waals surface area contributed by atoms with Gasteiger partial charge in [0.1, 0.15) is 0 Å². The summed E-state index contributed by atoms with van der Waals surface area (Å²) in [7, 11) is 3.05. The van der Waals surface area contributed by atoms with Gasteiger partial charge in [0.25, 0.3) is 0 Å². The van der Waals surface area contributed by atoms with E-state index in [9.17, 15) is 0 Å². The van der Waals surface area contributed by atoms with E-state index in [2.05, 4.69) is 23.5 Å². The van der Waals surface area contributed by atoms with Gasteiger partial charge < -0.3 is 19.0 Å². The predicted octanol–water partition coefficient (Wildman–Crippen LogP) is 0.822. The molecule has 0 aromatic heterocycles. The van der Waals surface area contributed by atoms with Crippen molar-refractivity contribution in [3.63, 3.8) is 0 Å². The van der Waals surface area contributed by atoms with Crippen LogP contribution in [0.3, 0.4) is 0 Å². The molecule has 1 aliphatic carbocycles. The Labute approximate surface area is 123 Å². The van der Waals surface area contributed by atoms with Crippen molar-refractivity contribution in [1.29, 1.82) is 0 Å². The van der Waals surface area contributed by atoms with Crippen LogP contribution in [-0.4, -0.2) is 37.0 Å². The lowest BCUT2D eigenvalue weighted by molar-refractivity contribution is 0.163. The van der Waals surface area contributed by atoms with E-state index in [1.165, 1.54) is 29.5 Å². The molecule has 1 aromatic carbocycles. The first kappa shape index (κ1) is 17.3. The van der Waals surface area contributed by atoms with Gasteiger partial charge in [-0.15, -0.1) is 0 Å². The third kappa shape index (κ3) is 5.70. The monoisotopic (exact) mass is 298 g/mol. The van der Waals surface area contributed by atoms with Gasteiger partial charge in [-0.05, 0) is 36.5 Å². The summed E-state index contributed by atoms with van der Waals surface area (Å²) in [4.78, 5) is 0. The fourth-order valence-electron chi connectivity index (χ4n) is 2.08. The molecule has 1 aromatic rings. The number of aryl methyl sites for hydroxylation is 2. The number of benzene rings is 1. The molecule has 0 saturated carbocycles. The summed E-state index contributed by atoms with van der Waals surface area (Å²) in [6.45, 7) is 2.86. The van der Waals surface area contributed by atoms with Gasteiger partial charge in [0.05, 0.1) is 6.17 Å². The topological polar surface area (TPSA) is 65.7 Å². The molecule has 114 valence electrons. The fourth-order valence-corrected chi connectivity index (χ4v) is 2.66. The molecule has 0 fully saturated rings. The van der Waals surface area contributed by atoms with Gasteiger partial charge in [-0.2, -0.15) is 0 Å². The van der Waals surface area contributed by atoms with Crippen LogP contribution in [0.2, 0.25) is 0 Å². The summed E-state index contributed by atoms with van der Waals surface area (Å²) in [5.74, 6) is 0. The van der Waals surface area contributed by atoms with E-state index in [4.69, 9.17) is 19.0 Å². The second kappa shape index (κ2) is 9.22. The molecule has 0 spiro atoms. The van der Waals surface area contributed by atoms with Gasteiger partial charge in [-0.25, -0.2) is 0 Å². The Kier molecular flexibility index (Phi) is 7.97. The van der Waals surface area contributed by atoms with Crippen molar-refractivity contribution in [3.8, 4) is 0 Å². The van der Waals surface area contributed by atoms with Crippen LogP contribution < -0.4 is 11.1 Å². The Morgan fingerprint density at radius 1 is 1.20 bits per heavy atom.